The Morgan fingerprint density at radius 2 is 1.75 bits per heavy atom. The van der Waals surface area contributed by atoms with E-state index in [0.717, 1.165) is 14.9 Å². The Hall–Kier alpha value is -3.33. The van der Waals surface area contributed by atoms with E-state index in [0.29, 0.717) is 27.6 Å². The first kappa shape index (κ1) is 25.8. The lowest BCUT2D eigenvalue weighted by Gasteiger charge is -2.27. The summed E-state index contributed by atoms with van der Waals surface area (Å²) in [6.07, 6.45) is 1.34. The van der Waals surface area contributed by atoms with E-state index in [-0.39, 0.29) is 22.9 Å². The second-order valence-electron chi connectivity index (χ2n) is 7.84. The van der Waals surface area contributed by atoms with Gasteiger partial charge in [-0.15, -0.1) is 0 Å². The van der Waals surface area contributed by atoms with E-state index in [1.54, 1.807) is 31.2 Å². The van der Waals surface area contributed by atoms with Gasteiger partial charge in [-0.2, -0.15) is 0 Å². The first-order valence-corrected chi connectivity index (χ1v) is 12.1. The summed E-state index contributed by atoms with van der Waals surface area (Å²) in [4.78, 5) is 39.2. The fourth-order valence-corrected chi connectivity index (χ4v) is 4.27. The Bertz CT molecular complexity index is 1410. The minimum atomic E-state index is -0.861. The zero-order valence-corrected chi connectivity index (χ0v) is 22.2. The third kappa shape index (κ3) is 5.41. The van der Waals surface area contributed by atoms with Gasteiger partial charge in [0.05, 0.1) is 17.8 Å². The van der Waals surface area contributed by atoms with Crippen LogP contribution in [0.1, 0.15) is 16.7 Å². The standard InChI is InChI=1S/C26H19BrCl2N2O5/c1-14-3-8-18(28)12-21(14)31-25(33)19(24(32)30-26(31)34)9-16-10-20(29)23(22(11-16)35-2)36-13-15-4-6-17(27)7-5-15/h3-12H,13H2,1-2H3,(H,30,32,34)/b19-9+. The third-order valence-electron chi connectivity index (χ3n) is 5.37. The van der Waals surface area contributed by atoms with Gasteiger partial charge in [0.25, 0.3) is 11.8 Å². The molecule has 4 amide bonds. The average molecular weight is 590 g/mol. The number of nitrogens with one attached hydrogen (secondary N) is 1. The molecule has 0 saturated carbocycles. The van der Waals surface area contributed by atoms with Gasteiger partial charge in [0, 0.05) is 9.50 Å². The minimum Gasteiger partial charge on any atom is -0.493 e. The van der Waals surface area contributed by atoms with E-state index >= 15 is 0 Å². The lowest BCUT2D eigenvalue weighted by atomic mass is 10.1. The van der Waals surface area contributed by atoms with Crippen LogP contribution in [-0.2, 0) is 16.2 Å². The van der Waals surface area contributed by atoms with Crippen LogP contribution in [0.25, 0.3) is 6.08 Å². The molecule has 0 bridgehead atoms. The van der Waals surface area contributed by atoms with Crippen molar-refractivity contribution in [2.75, 3.05) is 12.0 Å². The highest BCUT2D eigenvalue weighted by Gasteiger charge is 2.37. The number of halogens is 3. The predicted molar refractivity (Wildman–Crippen MR) is 142 cm³/mol. The number of rotatable bonds is 6. The Kier molecular flexibility index (Phi) is 7.68. The van der Waals surface area contributed by atoms with Crippen LogP contribution in [0, 0.1) is 6.92 Å². The number of anilines is 1. The number of nitrogens with zero attached hydrogens (tertiary/aromatic N) is 1. The van der Waals surface area contributed by atoms with Crippen molar-refractivity contribution in [1.82, 2.24) is 5.32 Å². The molecule has 0 aromatic heterocycles. The van der Waals surface area contributed by atoms with Crippen molar-refractivity contribution in [2.24, 2.45) is 0 Å². The molecule has 1 fully saturated rings. The number of ether oxygens (including phenoxy) is 2. The van der Waals surface area contributed by atoms with Crippen LogP contribution in [0.4, 0.5) is 10.5 Å². The molecule has 1 aliphatic rings. The number of carbonyl (C=O) groups is 3. The number of barbiturate groups is 1. The van der Waals surface area contributed by atoms with E-state index in [4.69, 9.17) is 32.7 Å². The first-order valence-electron chi connectivity index (χ1n) is 10.6. The quantitative estimate of drug-likeness (QED) is 0.269. The molecule has 10 heteroatoms. The third-order valence-corrected chi connectivity index (χ3v) is 6.42. The van der Waals surface area contributed by atoms with Crippen LogP contribution in [0.15, 0.2) is 64.6 Å². The monoisotopic (exact) mass is 588 g/mol. The number of benzene rings is 3. The minimum absolute atomic E-state index is 0.223. The van der Waals surface area contributed by atoms with Gasteiger partial charge in [-0.3, -0.25) is 14.9 Å². The molecule has 1 aliphatic heterocycles. The summed E-state index contributed by atoms with van der Waals surface area (Å²) in [5.74, 6) is -0.991. The van der Waals surface area contributed by atoms with Gasteiger partial charge in [0.2, 0.25) is 0 Å². The molecular formula is C26H19BrCl2N2O5. The zero-order valence-electron chi connectivity index (χ0n) is 19.1. The summed E-state index contributed by atoms with van der Waals surface area (Å²) in [6, 6.07) is 14.7. The second-order valence-corrected chi connectivity index (χ2v) is 9.60. The Labute approximate surface area is 225 Å². The largest absolute Gasteiger partial charge is 0.493 e. The summed E-state index contributed by atoms with van der Waals surface area (Å²) in [5, 5.41) is 2.76. The molecule has 184 valence electrons. The van der Waals surface area contributed by atoms with E-state index in [1.807, 2.05) is 24.3 Å². The summed E-state index contributed by atoms with van der Waals surface area (Å²) in [6.45, 7) is 1.98. The number of hydrogen-bond donors (Lipinski definition) is 1. The van der Waals surface area contributed by atoms with Crippen molar-refractivity contribution in [2.45, 2.75) is 13.5 Å². The SMILES string of the molecule is COc1cc(/C=C2\C(=O)NC(=O)N(c3cc(Cl)ccc3C)C2=O)cc(Cl)c1OCc1ccc(Br)cc1. The Morgan fingerprint density at radius 1 is 1.03 bits per heavy atom. The number of amides is 4. The van der Waals surface area contributed by atoms with Crippen molar-refractivity contribution < 1.29 is 23.9 Å². The van der Waals surface area contributed by atoms with Gasteiger partial charge in [0.1, 0.15) is 12.2 Å². The first-order chi connectivity index (χ1) is 17.2. The van der Waals surface area contributed by atoms with Gasteiger partial charge in [-0.1, -0.05) is 57.3 Å². The molecule has 0 atom stereocenters. The zero-order chi connectivity index (χ0) is 26.0. The fraction of sp³-hybridized carbons (Fsp3) is 0.115. The van der Waals surface area contributed by atoms with Crippen molar-refractivity contribution in [3.63, 3.8) is 0 Å². The van der Waals surface area contributed by atoms with E-state index in [9.17, 15) is 14.4 Å². The summed E-state index contributed by atoms with van der Waals surface area (Å²) in [5.41, 5.74) is 1.98. The number of urea groups is 1. The molecule has 3 aromatic rings. The van der Waals surface area contributed by atoms with Crippen molar-refractivity contribution in [3.05, 3.63) is 91.4 Å². The lowest BCUT2D eigenvalue weighted by Crippen LogP contribution is -2.54. The normalized spacial score (nSPS) is 14.8. The van der Waals surface area contributed by atoms with E-state index in [2.05, 4.69) is 21.2 Å². The molecule has 1 N–H and O–H groups in total. The maximum Gasteiger partial charge on any atom is 0.335 e. The number of carbonyl (C=O) groups excluding carboxylic acids is 3. The maximum absolute atomic E-state index is 13.2. The van der Waals surface area contributed by atoms with Crippen LogP contribution >= 0.6 is 39.1 Å². The Morgan fingerprint density at radius 3 is 2.44 bits per heavy atom. The number of aryl methyl sites for hydroxylation is 1. The highest BCUT2D eigenvalue weighted by atomic mass is 79.9. The number of methoxy groups -OCH3 is 1. The number of hydrogen-bond acceptors (Lipinski definition) is 5. The molecule has 0 unspecified atom stereocenters. The Balaban J connectivity index is 1.66. The number of imide groups is 2. The molecule has 3 aromatic carbocycles. The van der Waals surface area contributed by atoms with Crippen LogP contribution in [0.2, 0.25) is 10.0 Å². The summed E-state index contributed by atoms with van der Waals surface area (Å²) >= 11 is 15.9. The average Bonchev–Trinajstić information content (AvgIpc) is 2.84. The molecule has 1 heterocycles. The second kappa shape index (κ2) is 10.7. The molecule has 36 heavy (non-hydrogen) atoms. The summed E-state index contributed by atoms with van der Waals surface area (Å²) < 4.78 is 12.3. The fourth-order valence-electron chi connectivity index (χ4n) is 3.57. The van der Waals surface area contributed by atoms with Gasteiger partial charge in [-0.25, -0.2) is 9.69 Å². The molecule has 4 rings (SSSR count). The van der Waals surface area contributed by atoms with E-state index < -0.39 is 17.8 Å². The van der Waals surface area contributed by atoms with Crippen LogP contribution in [0.3, 0.4) is 0 Å². The molecule has 1 saturated heterocycles. The smallest absolute Gasteiger partial charge is 0.335 e. The molecular weight excluding hydrogens is 571 g/mol. The van der Waals surface area contributed by atoms with Crippen molar-refractivity contribution in [3.8, 4) is 11.5 Å². The van der Waals surface area contributed by atoms with Gasteiger partial charge in [0.15, 0.2) is 11.5 Å². The predicted octanol–water partition coefficient (Wildman–Crippen LogP) is 6.32. The van der Waals surface area contributed by atoms with E-state index in [1.165, 1.54) is 19.3 Å². The molecule has 0 aliphatic carbocycles. The van der Waals surface area contributed by atoms with Gasteiger partial charge < -0.3 is 9.47 Å². The van der Waals surface area contributed by atoms with Crippen molar-refractivity contribution >= 4 is 68.7 Å². The molecule has 7 nitrogen and oxygen atoms in total. The van der Waals surface area contributed by atoms with Crippen LogP contribution in [0.5, 0.6) is 11.5 Å². The highest BCUT2D eigenvalue weighted by Crippen LogP contribution is 2.38. The van der Waals surface area contributed by atoms with Gasteiger partial charge >= 0.3 is 6.03 Å². The molecule has 0 spiro atoms. The van der Waals surface area contributed by atoms with Crippen molar-refractivity contribution in [1.29, 1.82) is 0 Å². The van der Waals surface area contributed by atoms with Gasteiger partial charge in [-0.05, 0) is 66.1 Å². The van der Waals surface area contributed by atoms with Crippen LogP contribution < -0.4 is 19.7 Å². The van der Waals surface area contributed by atoms with Crippen LogP contribution in [-0.4, -0.2) is 25.0 Å². The highest BCUT2D eigenvalue weighted by molar-refractivity contribution is 9.10. The lowest BCUT2D eigenvalue weighted by molar-refractivity contribution is -0.122. The topological polar surface area (TPSA) is 84.9 Å². The maximum atomic E-state index is 13.2. The summed E-state index contributed by atoms with van der Waals surface area (Å²) in [7, 11) is 1.45. The molecule has 0 radical (unpaired) electrons.